The van der Waals surface area contributed by atoms with Crippen LogP contribution in [0.5, 0.6) is 0 Å². The van der Waals surface area contributed by atoms with Gasteiger partial charge in [0.1, 0.15) is 0 Å². The molecule has 0 aromatic carbocycles. The molecule has 2 heteroatoms. The molecule has 1 heterocycles. The molecule has 42 valence electrons. The second-order valence-corrected chi connectivity index (χ2v) is 2.03. The lowest BCUT2D eigenvalue weighted by Crippen LogP contribution is -2.03. The van der Waals surface area contributed by atoms with Gasteiger partial charge in [0, 0.05) is 6.42 Å². The van der Waals surface area contributed by atoms with Crippen LogP contribution in [0.15, 0.2) is 0 Å². The predicted molar refractivity (Wildman–Crippen MR) is 26.0 cm³/mol. The molecule has 0 saturated carbocycles. The highest BCUT2D eigenvalue weighted by molar-refractivity contribution is 4.67. The first-order chi connectivity index (χ1) is 3.29. The molecule has 1 rings (SSSR count). The molecule has 0 bridgehead atoms. The normalized spacial score (nSPS) is 42.0. The van der Waals surface area contributed by atoms with E-state index in [9.17, 15) is 0 Å². The van der Waals surface area contributed by atoms with E-state index in [0.717, 1.165) is 6.42 Å². The number of aliphatic hydroxyl groups excluding tert-OH is 1. The molecule has 0 spiro atoms. The zero-order chi connectivity index (χ0) is 5.28. The van der Waals surface area contributed by atoms with E-state index in [1.54, 1.807) is 0 Å². The van der Waals surface area contributed by atoms with Crippen LogP contribution in [0.25, 0.3) is 0 Å². The van der Waals surface area contributed by atoms with Gasteiger partial charge in [0.15, 0.2) is 0 Å². The lowest BCUT2D eigenvalue weighted by molar-refractivity contribution is 0.0971. The van der Waals surface area contributed by atoms with Crippen molar-refractivity contribution in [3.8, 4) is 0 Å². The Balaban J connectivity index is 2.26. The van der Waals surface area contributed by atoms with Gasteiger partial charge in [-0.25, -0.2) is 0 Å². The van der Waals surface area contributed by atoms with Gasteiger partial charge >= 0.3 is 0 Å². The largest absolute Gasteiger partial charge is 0.391 e. The SMILES string of the molecule is CC1CC(O)CO1. The van der Waals surface area contributed by atoms with Crippen LogP contribution in [0.3, 0.4) is 0 Å². The summed E-state index contributed by atoms with van der Waals surface area (Å²) in [6, 6.07) is 0. The van der Waals surface area contributed by atoms with Crippen LogP contribution in [0, 0.1) is 0 Å². The third-order valence-corrected chi connectivity index (χ3v) is 1.18. The highest BCUT2D eigenvalue weighted by Gasteiger charge is 2.18. The fourth-order valence-electron chi connectivity index (χ4n) is 0.795. The highest BCUT2D eigenvalue weighted by atomic mass is 16.5. The first-order valence-electron chi connectivity index (χ1n) is 2.58. The number of hydrogen-bond acceptors (Lipinski definition) is 2. The monoisotopic (exact) mass is 102 g/mol. The van der Waals surface area contributed by atoms with E-state index in [-0.39, 0.29) is 12.2 Å². The van der Waals surface area contributed by atoms with E-state index in [4.69, 9.17) is 9.84 Å². The third-order valence-electron chi connectivity index (χ3n) is 1.18. The molecule has 1 aliphatic rings. The molecule has 1 N–H and O–H groups in total. The smallest absolute Gasteiger partial charge is 0.0798 e. The van der Waals surface area contributed by atoms with Gasteiger partial charge < -0.3 is 9.84 Å². The molecule has 0 aromatic rings. The van der Waals surface area contributed by atoms with E-state index in [1.165, 1.54) is 0 Å². The first-order valence-corrected chi connectivity index (χ1v) is 2.58. The second kappa shape index (κ2) is 1.80. The Kier molecular flexibility index (Phi) is 1.30. The summed E-state index contributed by atoms with van der Waals surface area (Å²) in [4.78, 5) is 0. The molecule has 1 aliphatic heterocycles. The van der Waals surface area contributed by atoms with Gasteiger partial charge in [0.25, 0.3) is 0 Å². The van der Waals surface area contributed by atoms with Gasteiger partial charge in [-0.1, -0.05) is 0 Å². The van der Waals surface area contributed by atoms with Gasteiger partial charge in [0.2, 0.25) is 0 Å². The van der Waals surface area contributed by atoms with Crippen molar-refractivity contribution < 1.29 is 9.84 Å². The minimum atomic E-state index is -0.199. The molecule has 2 nitrogen and oxygen atoms in total. The topological polar surface area (TPSA) is 29.5 Å². The van der Waals surface area contributed by atoms with Gasteiger partial charge in [-0.3, -0.25) is 0 Å². The fraction of sp³-hybridized carbons (Fsp3) is 1.00. The Morgan fingerprint density at radius 1 is 1.71 bits per heavy atom. The van der Waals surface area contributed by atoms with E-state index < -0.39 is 0 Å². The maximum absolute atomic E-state index is 8.77. The lowest BCUT2D eigenvalue weighted by atomic mass is 10.2. The van der Waals surface area contributed by atoms with Crippen molar-refractivity contribution in [1.82, 2.24) is 0 Å². The Bertz CT molecular complexity index is 55.1. The van der Waals surface area contributed by atoms with E-state index in [1.807, 2.05) is 6.92 Å². The Morgan fingerprint density at radius 3 is 2.57 bits per heavy atom. The Morgan fingerprint density at radius 2 is 2.43 bits per heavy atom. The molecule has 0 radical (unpaired) electrons. The number of aliphatic hydroxyl groups is 1. The molecule has 2 atom stereocenters. The van der Waals surface area contributed by atoms with Gasteiger partial charge in [-0.05, 0) is 6.92 Å². The molecule has 7 heavy (non-hydrogen) atoms. The van der Waals surface area contributed by atoms with E-state index in [0.29, 0.717) is 6.61 Å². The van der Waals surface area contributed by atoms with Crippen molar-refractivity contribution in [1.29, 1.82) is 0 Å². The van der Waals surface area contributed by atoms with Crippen LogP contribution >= 0.6 is 0 Å². The summed E-state index contributed by atoms with van der Waals surface area (Å²) in [6.45, 7) is 2.50. The summed E-state index contributed by atoms with van der Waals surface area (Å²) in [5.41, 5.74) is 0. The molecule has 0 amide bonds. The predicted octanol–water partition coefficient (Wildman–Crippen LogP) is 0.156. The maximum atomic E-state index is 8.77. The second-order valence-electron chi connectivity index (χ2n) is 2.03. The number of ether oxygens (including phenoxy) is 1. The summed E-state index contributed by atoms with van der Waals surface area (Å²) in [6.07, 6.45) is 0.880. The molecular formula is C5H10O2. The molecule has 1 fully saturated rings. The molecule has 1 saturated heterocycles. The van der Waals surface area contributed by atoms with Crippen LogP contribution in [-0.2, 0) is 4.74 Å². The Labute approximate surface area is 43.1 Å². The standard InChI is InChI=1S/C5H10O2/c1-4-2-5(6)3-7-4/h4-6H,2-3H2,1H3. The van der Waals surface area contributed by atoms with Gasteiger partial charge in [-0.2, -0.15) is 0 Å². The average molecular weight is 102 g/mol. The van der Waals surface area contributed by atoms with Crippen LogP contribution in [0.2, 0.25) is 0 Å². The Hall–Kier alpha value is -0.0800. The number of hydrogen-bond donors (Lipinski definition) is 1. The van der Waals surface area contributed by atoms with Crippen molar-refractivity contribution in [2.24, 2.45) is 0 Å². The minimum Gasteiger partial charge on any atom is -0.391 e. The van der Waals surface area contributed by atoms with Crippen molar-refractivity contribution in [3.63, 3.8) is 0 Å². The lowest BCUT2D eigenvalue weighted by Gasteiger charge is -1.94. The summed E-state index contributed by atoms with van der Waals surface area (Å²) < 4.78 is 5.02. The zero-order valence-electron chi connectivity index (χ0n) is 4.42. The molecule has 0 aliphatic carbocycles. The fourth-order valence-corrected chi connectivity index (χ4v) is 0.795. The van der Waals surface area contributed by atoms with Crippen LogP contribution in [0.1, 0.15) is 13.3 Å². The van der Waals surface area contributed by atoms with Crippen molar-refractivity contribution >= 4 is 0 Å². The van der Waals surface area contributed by atoms with Crippen molar-refractivity contribution in [3.05, 3.63) is 0 Å². The van der Waals surface area contributed by atoms with Crippen LogP contribution in [-0.4, -0.2) is 23.9 Å². The number of rotatable bonds is 0. The van der Waals surface area contributed by atoms with Crippen molar-refractivity contribution in [2.75, 3.05) is 6.61 Å². The van der Waals surface area contributed by atoms with E-state index >= 15 is 0 Å². The van der Waals surface area contributed by atoms with Gasteiger partial charge in [0.05, 0.1) is 18.8 Å². The van der Waals surface area contributed by atoms with Crippen LogP contribution in [0.4, 0.5) is 0 Å². The molecule has 0 aromatic heterocycles. The summed E-state index contributed by atoms with van der Waals surface area (Å²) in [5, 5.41) is 8.77. The first kappa shape index (κ1) is 5.06. The average Bonchev–Trinajstić information content (AvgIpc) is 1.87. The van der Waals surface area contributed by atoms with E-state index in [2.05, 4.69) is 0 Å². The summed E-state index contributed by atoms with van der Waals surface area (Å²) in [7, 11) is 0. The maximum Gasteiger partial charge on any atom is 0.0798 e. The van der Waals surface area contributed by atoms with Crippen molar-refractivity contribution in [2.45, 2.75) is 25.6 Å². The summed E-state index contributed by atoms with van der Waals surface area (Å²) in [5.74, 6) is 0. The third kappa shape index (κ3) is 1.14. The van der Waals surface area contributed by atoms with Crippen LogP contribution < -0.4 is 0 Å². The van der Waals surface area contributed by atoms with Gasteiger partial charge in [-0.15, -0.1) is 0 Å². The molecule has 2 unspecified atom stereocenters. The highest BCUT2D eigenvalue weighted by Crippen LogP contribution is 2.10. The zero-order valence-corrected chi connectivity index (χ0v) is 4.42. The molecular weight excluding hydrogens is 92.1 g/mol. The minimum absolute atomic E-state index is 0.199. The summed E-state index contributed by atoms with van der Waals surface area (Å²) >= 11 is 0. The quantitative estimate of drug-likeness (QED) is 0.472.